The lowest BCUT2D eigenvalue weighted by molar-refractivity contribution is 0.747. The van der Waals surface area contributed by atoms with Crippen LogP contribution in [-0.4, -0.2) is 14.8 Å². The number of nitrogens with one attached hydrogen (secondary N) is 1. The summed E-state index contributed by atoms with van der Waals surface area (Å²) in [4.78, 5) is 4.10. The molecule has 2 heterocycles. The van der Waals surface area contributed by atoms with Gasteiger partial charge in [0.15, 0.2) is 0 Å². The van der Waals surface area contributed by atoms with E-state index in [4.69, 9.17) is 11.5 Å². The molecular formula is C10H14N6. The second kappa shape index (κ2) is 4.09. The number of aryl methyl sites for hydroxylation is 1. The number of aromatic nitrogens is 3. The van der Waals surface area contributed by atoms with Crippen LogP contribution in [0.15, 0.2) is 24.4 Å². The van der Waals surface area contributed by atoms with Crippen molar-refractivity contribution in [2.45, 2.75) is 6.54 Å². The van der Waals surface area contributed by atoms with E-state index < -0.39 is 0 Å². The van der Waals surface area contributed by atoms with Gasteiger partial charge in [0.25, 0.3) is 0 Å². The molecule has 0 radical (unpaired) electrons. The molecule has 0 saturated carbocycles. The number of hydrogen-bond donors (Lipinski definition) is 3. The van der Waals surface area contributed by atoms with Crippen molar-refractivity contribution in [3.63, 3.8) is 0 Å². The maximum atomic E-state index is 5.60. The minimum absolute atomic E-state index is 0.339. The molecule has 0 aliphatic carbocycles. The molecule has 0 bridgehead atoms. The number of rotatable bonds is 3. The first-order valence-electron chi connectivity index (χ1n) is 4.89. The lowest BCUT2D eigenvalue weighted by Gasteiger charge is -2.05. The molecule has 0 unspecified atom stereocenters. The fourth-order valence-corrected chi connectivity index (χ4v) is 1.32. The highest BCUT2D eigenvalue weighted by Crippen LogP contribution is 2.14. The number of anilines is 3. The lowest BCUT2D eigenvalue weighted by atomic mass is 10.3. The topological polar surface area (TPSA) is 94.8 Å². The number of nitrogens with two attached hydrogens (primary N) is 2. The van der Waals surface area contributed by atoms with Crippen LogP contribution in [0.5, 0.6) is 0 Å². The second-order valence-electron chi connectivity index (χ2n) is 3.51. The van der Waals surface area contributed by atoms with Crippen molar-refractivity contribution < 1.29 is 0 Å². The summed E-state index contributed by atoms with van der Waals surface area (Å²) < 4.78 is 1.75. The molecule has 0 spiro atoms. The number of pyridine rings is 1. The van der Waals surface area contributed by atoms with Gasteiger partial charge in [-0.15, -0.1) is 0 Å². The van der Waals surface area contributed by atoms with Crippen molar-refractivity contribution in [2.75, 3.05) is 16.8 Å². The highest BCUT2D eigenvalue weighted by atomic mass is 15.3. The zero-order valence-electron chi connectivity index (χ0n) is 9.01. The molecule has 2 rings (SSSR count). The summed E-state index contributed by atoms with van der Waals surface area (Å²) in [6.45, 7) is 0.608. The third-order valence-electron chi connectivity index (χ3n) is 2.18. The maximum Gasteiger partial charge on any atom is 0.149 e. The molecule has 5 N–H and O–H groups in total. The van der Waals surface area contributed by atoms with Crippen molar-refractivity contribution in [1.29, 1.82) is 0 Å². The minimum Gasteiger partial charge on any atom is -0.396 e. The first-order valence-corrected chi connectivity index (χ1v) is 4.89. The van der Waals surface area contributed by atoms with Crippen LogP contribution in [0.2, 0.25) is 0 Å². The fourth-order valence-electron chi connectivity index (χ4n) is 1.32. The van der Waals surface area contributed by atoms with Gasteiger partial charge in [0.2, 0.25) is 0 Å². The highest BCUT2D eigenvalue weighted by molar-refractivity contribution is 5.61. The molecule has 0 aliphatic rings. The summed E-state index contributed by atoms with van der Waals surface area (Å²) in [5, 5.41) is 7.36. The predicted octanol–water partition coefficient (Wildman–Crippen LogP) is 0.592. The molecule has 0 atom stereocenters. The average molecular weight is 218 g/mol. The van der Waals surface area contributed by atoms with Crippen molar-refractivity contribution in [2.24, 2.45) is 7.05 Å². The standard InChI is InChI=1S/C10H14N6/c1-16-5-4-7(15-16)6-13-9-3-2-8(11)10(12)14-9/h2-5H,6,11H2,1H3,(H3,12,13,14). The van der Waals surface area contributed by atoms with E-state index in [1.165, 1.54) is 0 Å². The Morgan fingerprint density at radius 2 is 2.12 bits per heavy atom. The van der Waals surface area contributed by atoms with E-state index in [-0.39, 0.29) is 0 Å². The Labute approximate surface area is 93.3 Å². The van der Waals surface area contributed by atoms with Crippen molar-refractivity contribution in [1.82, 2.24) is 14.8 Å². The monoisotopic (exact) mass is 218 g/mol. The van der Waals surface area contributed by atoms with Crippen LogP contribution >= 0.6 is 0 Å². The molecule has 0 saturated heterocycles. The molecule has 84 valence electrons. The Hall–Kier alpha value is -2.24. The van der Waals surface area contributed by atoms with Gasteiger partial charge in [-0.2, -0.15) is 5.10 Å². The Balaban J connectivity index is 2.02. The third kappa shape index (κ3) is 2.22. The normalized spacial score (nSPS) is 10.3. The van der Waals surface area contributed by atoms with Crippen molar-refractivity contribution in [3.8, 4) is 0 Å². The van der Waals surface area contributed by atoms with E-state index in [1.54, 1.807) is 16.8 Å². The molecule has 0 amide bonds. The van der Waals surface area contributed by atoms with Gasteiger partial charge in [0.05, 0.1) is 17.9 Å². The molecular weight excluding hydrogens is 204 g/mol. The zero-order chi connectivity index (χ0) is 11.5. The van der Waals surface area contributed by atoms with Gasteiger partial charge in [-0.3, -0.25) is 4.68 Å². The number of hydrogen-bond acceptors (Lipinski definition) is 5. The second-order valence-corrected chi connectivity index (χ2v) is 3.51. The molecule has 0 aromatic carbocycles. The molecule has 2 aromatic heterocycles. The quantitative estimate of drug-likeness (QED) is 0.701. The fraction of sp³-hybridized carbons (Fsp3) is 0.200. The van der Waals surface area contributed by atoms with Gasteiger partial charge < -0.3 is 16.8 Å². The SMILES string of the molecule is Cn1ccc(CNc2ccc(N)c(N)n2)n1. The van der Waals surface area contributed by atoms with Gasteiger partial charge >= 0.3 is 0 Å². The minimum atomic E-state index is 0.339. The Kier molecular flexibility index (Phi) is 2.63. The van der Waals surface area contributed by atoms with E-state index in [0.717, 1.165) is 5.69 Å². The van der Waals surface area contributed by atoms with E-state index >= 15 is 0 Å². The predicted molar refractivity (Wildman–Crippen MR) is 63.6 cm³/mol. The molecule has 6 heteroatoms. The zero-order valence-corrected chi connectivity index (χ0v) is 9.01. The van der Waals surface area contributed by atoms with Crippen LogP contribution in [0.3, 0.4) is 0 Å². The van der Waals surface area contributed by atoms with Crippen molar-refractivity contribution in [3.05, 3.63) is 30.1 Å². The number of nitrogen functional groups attached to an aromatic ring is 2. The molecule has 0 fully saturated rings. The molecule has 16 heavy (non-hydrogen) atoms. The van der Waals surface area contributed by atoms with E-state index in [1.807, 2.05) is 19.3 Å². The molecule has 0 aliphatic heterocycles. The largest absolute Gasteiger partial charge is 0.396 e. The van der Waals surface area contributed by atoms with Crippen LogP contribution in [0.4, 0.5) is 17.3 Å². The maximum absolute atomic E-state index is 5.60. The summed E-state index contributed by atoms with van der Waals surface area (Å²) >= 11 is 0. The lowest BCUT2D eigenvalue weighted by Crippen LogP contribution is -2.05. The first-order chi connectivity index (χ1) is 7.65. The third-order valence-corrected chi connectivity index (χ3v) is 2.18. The number of nitrogens with zero attached hydrogens (tertiary/aromatic N) is 3. The van der Waals surface area contributed by atoms with E-state index in [9.17, 15) is 0 Å². The Morgan fingerprint density at radius 1 is 1.31 bits per heavy atom. The summed E-state index contributed by atoms with van der Waals surface area (Å²) in [5.74, 6) is 1.03. The Bertz CT molecular complexity index is 490. The van der Waals surface area contributed by atoms with Crippen LogP contribution in [0.1, 0.15) is 5.69 Å². The smallest absolute Gasteiger partial charge is 0.149 e. The van der Waals surface area contributed by atoms with Gasteiger partial charge in [-0.25, -0.2) is 4.98 Å². The van der Waals surface area contributed by atoms with Crippen LogP contribution in [-0.2, 0) is 13.6 Å². The van der Waals surface area contributed by atoms with E-state index in [2.05, 4.69) is 15.4 Å². The average Bonchev–Trinajstić information content (AvgIpc) is 2.66. The van der Waals surface area contributed by atoms with Crippen LogP contribution in [0.25, 0.3) is 0 Å². The molecule has 6 nitrogen and oxygen atoms in total. The summed E-state index contributed by atoms with van der Waals surface area (Å²) in [6, 6.07) is 5.45. The van der Waals surface area contributed by atoms with E-state index in [0.29, 0.717) is 23.9 Å². The highest BCUT2D eigenvalue weighted by Gasteiger charge is 2.00. The van der Waals surface area contributed by atoms with Crippen LogP contribution in [0, 0.1) is 0 Å². The summed E-state index contributed by atoms with van der Waals surface area (Å²) in [6.07, 6.45) is 1.89. The van der Waals surface area contributed by atoms with Gasteiger partial charge in [0, 0.05) is 13.2 Å². The van der Waals surface area contributed by atoms with Gasteiger partial charge in [-0.1, -0.05) is 0 Å². The summed E-state index contributed by atoms with van der Waals surface area (Å²) in [5.41, 5.74) is 12.6. The molecule has 2 aromatic rings. The van der Waals surface area contributed by atoms with Gasteiger partial charge in [-0.05, 0) is 18.2 Å². The van der Waals surface area contributed by atoms with Crippen LogP contribution < -0.4 is 16.8 Å². The first kappa shape index (κ1) is 10.3. The van der Waals surface area contributed by atoms with Gasteiger partial charge in [0.1, 0.15) is 11.6 Å². The summed E-state index contributed by atoms with van der Waals surface area (Å²) in [7, 11) is 1.88. The Morgan fingerprint density at radius 3 is 2.75 bits per heavy atom. The van der Waals surface area contributed by atoms with Crippen molar-refractivity contribution >= 4 is 17.3 Å².